The first-order valence-corrected chi connectivity index (χ1v) is 16.0. The molecule has 5 fully saturated rings. The van der Waals surface area contributed by atoms with Crippen molar-refractivity contribution in [3.8, 4) is 23.0 Å². The molecule has 8 nitrogen and oxygen atoms in total. The third kappa shape index (κ3) is 4.56. The Morgan fingerprint density at radius 1 is 1.05 bits per heavy atom. The van der Waals surface area contributed by atoms with E-state index in [-0.39, 0.29) is 44.4 Å². The molecule has 5 aliphatic rings. The van der Waals surface area contributed by atoms with Crippen LogP contribution in [0.4, 0.5) is 14.6 Å². The second-order valence-corrected chi connectivity index (χ2v) is 14.1. The van der Waals surface area contributed by atoms with Crippen molar-refractivity contribution in [3.05, 3.63) is 47.1 Å². The molecule has 0 spiro atoms. The van der Waals surface area contributed by atoms with Gasteiger partial charge >= 0.3 is 6.01 Å². The van der Waals surface area contributed by atoms with Gasteiger partial charge in [0.1, 0.15) is 28.6 Å². The number of aromatic nitrogens is 3. The second-order valence-electron chi connectivity index (χ2n) is 13.7. The number of halogens is 3. The second kappa shape index (κ2) is 9.83. The molecule has 2 unspecified atom stereocenters. The van der Waals surface area contributed by atoms with E-state index >= 15 is 4.39 Å². The van der Waals surface area contributed by atoms with Crippen molar-refractivity contribution < 1.29 is 18.6 Å². The Balaban J connectivity index is 1.12. The molecule has 3 aliphatic heterocycles. The van der Waals surface area contributed by atoms with Gasteiger partial charge in [0, 0.05) is 67.4 Å². The lowest BCUT2D eigenvalue weighted by Gasteiger charge is -2.34. The van der Waals surface area contributed by atoms with Gasteiger partial charge in [-0.3, -0.25) is 4.98 Å². The van der Waals surface area contributed by atoms with Crippen LogP contribution in [0.1, 0.15) is 32.1 Å². The fourth-order valence-corrected chi connectivity index (χ4v) is 8.17. The molecule has 11 heteroatoms. The number of hydrogen-bond donors (Lipinski definition) is 2. The highest BCUT2D eigenvalue weighted by molar-refractivity contribution is 6.37. The van der Waals surface area contributed by atoms with E-state index in [1.165, 1.54) is 43.8 Å². The summed E-state index contributed by atoms with van der Waals surface area (Å²) < 4.78 is 37.6. The van der Waals surface area contributed by atoms with Crippen LogP contribution in [0.2, 0.25) is 5.02 Å². The number of piperazine rings is 1. The molecule has 4 atom stereocenters. The average molecular weight is 619 g/mol. The van der Waals surface area contributed by atoms with Crippen LogP contribution in [0.15, 0.2) is 30.5 Å². The van der Waals surface area contributed by atoms with E-state index in [0.717, 1.165) is 57.2 Å². The molecule has 2 saturated carbocycles. The van der Waals surface area contributed by atoms with E-state index in [2.05, 4.69) is 25.1 Å². The van der Waals surface area contributed by atoms with Gasteiger partial charge in [0.25, 0.3) is 0 Å². The van der Waals surface area contributed by atoms with E-state index < -0.39 is 11.6 Å². The number of phenols is 1. The predicted octanol–water partition coefficient (Wildman–Crippen LogP) is 5.53. The first-order valence-electron chi connectivity index (χ1n) is 15.7. The van der Waals surface area contributed by atoms with Gasteiger partial charge in [0.05, 0.1) is 17.0 Å². The lowest BCUT2D eigenvalue weighted by atomic mass is 10.00. The van der Waals surface area contributed by atoms with Crippen molar-refractivity contribution in [2.24, 2.45) is 17.3 Å². The summed E-state index contributed by atoms with van der Waals surface area (Å²) in [5, 5.41) is 15.2. The average Bonchev–Trinajstić information content (AvgIpc) is 3.88. The number of benzene rings is 2. The first kappa shape index (κ1) is 27.0. The van der Waals surface area contributed by atoms with E-state index in [1.54, 1.807) is 6.20 Å². The van der Waals surface area contributed by atoms with Crippen LogP contribution in [0, 0.1) is 28.9 Å². The number of nitrogens with zero attached hydrogens (tertiary/aromatic N) is 5. The molecule has 44 heavy (non-hydrogen) atoms. The summed E-state index contributed by atoms with van der Waals surface area (Å²) in [6, 6.07) is 6.39. The Hall–Kier alpha value is -3.34. The summed E-state index contributed by atoms with van der Waals surface area (Å²) in [6.45, 7) is 5.38. The minimum atomic E-state index is -0.696. The van der Waals surface area contributed by atoms with E-state index in [4.69, 9.17) is 21.3 Å². The Morgan fingerprint density at radius 2 is 1.82 bits per heavy atom. The molecule has 2 aromatic carbocycles. The maximum atomic E-state index is 16.7. The lowest BCUT2D eigenvalue weighted by Crippen LogP contribution is -2.51. The van der Waals surface area contributed by atoms with Crippen molar-refractivity contribution in [2.45, 2.75) is 44.2 Å². The topological polar surface area (TPSA) is 86.6 Å². The Labute approximate surface area is 258 Å². The largest absolute Gasteiger partial charge is 0.508 e. The Bertz CT molecular complexity index is 1810. The number of hydrogen-bond acceptors (Lipinski definition) is 8. The number of piperidine rings is 1. The van der Waals surface area contributed by atoms with E-state index in [9.17, 15) is 9.50 Å². The molecule has 5 heterocycles. The monoisotopic (exact) mass is 618 g/mol. The van der Waals surface area contributed by atoms with Crippen LogP contribution in [0.5, 0.6) is 11.8 Å². The minimum Gasteiger partial charge on any atom is -0.508 e. The number of pyridine rings is 1. The van der Waals surface area contributed by atoms with Crippen molar-refractivity contribution in [3.63, 3.8) is 0 Å². The normalized spacial score (nSPS) is 26.8. The maximum Gasteiger partial charge on any atom is 0.319 e. The fraction of sp³-hybridized carbons (Fsp3) is 0.485. The molecule has 2 aliphatic carbocycles. The van der Waals surface area contributed by atoms with Gasteiger partial charge < -0.3 is 25.0 Å². The minimum absolute atomic E-state index is 0.0758. The summed E-state index contributed by atoms with van der Waals surface area (Å²) in [5.74, 6) is 0.932. The van der Waals surface area contributed by atoms with Crippen molar-refractivity contribution >= 4 is 39.1 Å². The number of phenolic OH excluding ortho intramolecular Hbond substituents is 1. The fourth-order valence-electron chi connectivity index (χ4n) is 7.89. The van der Waals surface area contributed by atoms with Gasteiger partial charge in [-0.1, -0.05) is 17.7 Å². The van der Waals surface area contributed by atoms with Crippen molar-refractivity contribution in [1.82, 2.24) is 25.2 Å². The molecule has 9 rings (SSSR count). The molecule has 228 valence electrons. The molecular weight excluding hydrogens is 586 g/mol. The number of likely N-dealkylation sites (tertiary alicyclic amines) is 1. The van der Waals surface area contributed by atoms with Gasteiger partial charge in [0.15, 0.2) is 5.82 Å². The zero-order chi connectivity index (χ0) is 29.7. The number of anilines is 1. The number of aromatic hydroxyl groups is 1. The van der Waals surface area contributed by atoms with Crippen molar-refractivity contribution in [1.29, 1.82) is 0 Å². The molecule has 4 aromatic rings. The van der Waals surface area contributed by atoms with Gasteiger partial charge in [-0.2, -0.15) is 9.97 Å². The third-order valence-corrected chi connectivity index (χ3v) is 10.9. The number of rotatable bonds is 7. The quantitative estimate of drug-likeness (QED) is 0.280. The third-order valence-electron chi connectivity index (χ3n) is 10.5. The van der Waals surface area contributed by atoms with Crippen molar-refractivity contribution in [2.75, 3.05) is 44.2 Å². The summed E-state index contributed by atoms with van der Waals surface area (Å²) >= 11 is 6.38. The smallest absolute Gasteiger partial charge is 0.319 e. The standard InChI is InChI=1S/C33H33ClF2N6O2/c34-27-25(35)4-1-17-8-22(43)9-23(26(17)27)29-28(36)30-24(10-37-29)31(42-13-20-2-3-21(14-42)38-20)40-32(39-30)44-16-33(5-6-33)15-41-11-18-7-19(18)12-41/h1,4,8-10,18-21,38,43H,2-3,5-7,11-16H2/t18?,19?,20-,21+. The van der Waals surface area contributed by atoms with Crippen LogP contribution in [0.3, 0.4) is 0 Å². The Morgan fingerprint density at radius 3 is 2.57 bits per heavy atom. The molecule has 2 N–H and O–H groups in total. The summed E-state index contributed by atoms with van der Waals surface area (Å²) in [4.78, 5) is 18.8. The van der Waals surface area contributed by atoms with Gasteiger partial charge in [-0.25, -0.2) is 8.78 Å². The van der Waals surface area contributed by atoms with Crippen LogP contribution in [0.25, 0.3) is 32.9 Å². The summed E-state index contributed by atoms with van der Waals surface area (Å²) in [6.07, 6.45) is 7.33. The molecule has 2 aromatic heterocycles. The van der Waals surface area contributed by atoms with E-state index in [1.807, 2.05) is 0 Å². The lowest BCUT2D eigenvalue weighted by molar-refractivity contribution is 0.163. The van der Waals surface area contributed by atoms with E-state index in [0.29, 0.717) is 35.3 Å². The van der Waals surface area contributed by atoms with Gasteiger partial charge in [-0.15, -0.1) is 0 Å². The summed E-state index contributed by atoms with van der Waals surface area (Å²) in [5.41, 5.74) is 0.280. The van der Waals surface area contributed by atoms with Crippen LogP contribution < -0.4 is 15.0 Å². The number of fused-ring (bicyclic) bond motifs is 5. The molecule has 0 radical (unpaired) electrons. The number of ether oxygens (including phenoxy) is 1. The molecule has 2 bridgehead atoms. The highest BCUT2D eigenvalue weighted by atomic mass is 35.5. The van der Waals surface area contributed by atoms with Crippen LogP contribution in [-0.4, -0.2) is 76.4 Å². The number of nitrogens with one attached hydrogen (secondary N) is 1. The highest BCUT2D eigenvalue weighted by Crippen LogP contribution is 2.51. The molecule has 0 amide bonds. The van der Waals surface area contributed by atoms with Gasteiger partial charge in [-0.05, 0) is 67.5 Å². The maximum absolute atomic E-state index is 16.7. The van der Waals surface area contributed by atoms with Gasteiger partial charge in [0.2, 0.25) is 0 Å². The predicted molar refractivity (Wildman–Crippen MR) is 164 cm³/mol. The highest BCUT2D eigenvalue weighted by Gasteiger charge is 2.51. The zero-order valence-electron chi connectivity index (χ0n) is 24.2. The molecular formula is C33H33ClF2N6O2. The Kier molecular flexibility index (Phi) is 6.03. The van der Waals surface area contributed by atoms with Crippen LogP contribution in [-0.2, 0) is 0 Å². The SMILES string of the molecule is Oc1cc(-c2ncc3c(N4C[C@H]5CC[C@@H](C4)N5)nc(OCC4(CN5CC6CC6C5)CC4)nc3c2F)c2c(Cl)c(F)ccc2c1. The molecule has 3 saturated heterocycles. The first-order chi connectivity index (χ1) is 21.3. The zero-order valence-corrected chi connectivity index (χ0v) is 25.0. The van der Waals surface area contributed by atoms with Crippen LogP contribution >= 0.6 is 11.6 Å². The summed E-state index contributed by atoms with van der Waals surface area (Å²) in [7, 11) is 0.